The Balaban J connectivity index is 1.62. The lowest BCUT2D eigenvalue weighted by atomic mass is 9.95. The van der Waals surface area contributed by atoms with Gasteiger partial charge in [-0.1, -0.05) is 24.3 Å². The van der Waals surface area contributed by atoms with E-state index in [-0.39, 0.29) is 11.9 Å². The molecule has 0 saturated heterocycles. The summed E-state index contributed by atoms with van der Waals surface area (Å²) >= 11 is 0. The molecular formula is C19H21N5O. The number of fused-ring (bicyclic) bond motifs is 1. The Morgan fingerprint density at radius 2 is 2.12 bits per heavy atom. The van der Waals surface area contributed by atoms with Crippen LogP contribution in [0, 0.1) is 13.8 Å². The van der Waals surface area contributed by atoms with Crippen LogP contribution in [0.3, 0.4) is 0 Å². The minimum Gasteiger partial charge on any atom is -0.336 e. The normalized spacial score (nSPS) is 16.7. The molecule has 0 aliphatic carbocycles. The van der Waals surface area contributed by atoms with Crippen molar-refractivity contribution < 1.29 is 4.79 Å². The van der Waals surface area contributed by atoms with Crippen LogP contribution in [0.2, 0.25) is 0 Å². The molecule has 1 unspecified atom stereocenters. The molecule has 3 aromatic rings. The van der Waals surface area contributed by atoms with Crippen molar-refractivity contribution in [3.8, 4) is 0 Å². The molecule has 0 saturated carbocycles. The molecule has 1 aliphatic heterocycles. The summed E-state index contributed by atoms with van der Waals surface area (Å²) in [5.74, 6) is 0.124. The fourth-order valence-electron chi connectivity index (χ4n) is 3.56. The Kier molecular flexibility index (Phi) is 3.87. The summed E-state index contributed by atoms with van der Waals surface area (Å²) in [5, 5.41) is 11.6. The van der Waals surface area contributed by atoms with Gasteiger partial charge in [0.05, 0.1) is 18.2 Å². The predicted molar refractivity (Wildman–Crippen MR) is 94.0 cm³/mol. The predicted octanol–water partition coefficient (Wildman–Crippen LogP) is 2.40. The zero-order chi connectivity index (χ0) is 17.4. The van der Waals surface area contributed by atoms with Crippen LogP contribution < -0.4 is 0 Å². The zero-order valence-corrected chi connectivity index (χ0v) is 14.4. The second-order valence-corrected chi connectivity index (χ2v) is 6.56. The van der Waals surface area contributed by atoms with Crippen molar-refractivity contribution in [3.05, 3.63) is 70.8 Å². The number of hydrogen-bond donors (Lipinski definition) is 1. The average molecular weight is 335 g/mol. The first-order valence-electron chi connectivity index (χ1n) is 8.48. The van der Waals surface area contributed by atoms with Gasteiger partial charge in [0.15, 0.2) is 0 Å². The molecule has 25 heavy (non-hydrogen) atoms. The van der Waals surface area contributed by atoms with Gasteiger partial charge in [-0.05, 0) is 31.0 Å². The van der Waals surface area contributed by atoms with Crippen LogP contribution in [0.4, 0.5) is 0 Å². The second kappa shape index (κ2) is 6.20. The molecule has 6 nitrogen and oxygen atoms in total. The van der Waals surface area contributed by atoms with Crippen LogP contribution in [-0.2, 0) is 17.8 Å². The summed E-state index contributed by atoms with van der Waals surface area (Å²) in [6, 6.07) is 10.3. The molecule has 0 fully saturated rings. The number of rotatable bonds is 3. The third-order valence-electron chi connectivity index (χ3n) is 4.97. The van der Waals surface area contributed by atoms with Gasteiger partial charge in [0.2, 0.25) is 5.91 Å². The highest BCUT2D eigenvalue weighted by atomic mass is 16.2. The summed E-state index contributed by atoms with van der Waals surface area (Å²) in [5.41, 5.74) is 5.28. The molecule has 0 bridgehead atoms. The standard InChI is InChI=1S/C19H21N5O/c1-13-17(14(2)22-21-13)10-19(25)23-11-15-6-3-4-7-16(15)18(12-23)24-9-5-8-20-24/h3-9,18H,10-12H2,1-2H3,(H,21,22). The van der Waals surface area contributed by atoms with E-state index in [0.717, 1.165) is 17.0 Å². The number of carbonyl (C=O) groups is 1. The molecule has 6 heteroatoms. The number of aromatic amines is 1. The lowest BCUT2D eigenvalue weighted by Crippen LogP contribution is -2.41. The molecule has 4 rings (SSSR count). The number of hydrogen-bond acceptors (Lipinski definition) is 3. The summed E-state index contributed by atoms with van der Waals surface area (Å²) < 4.78 is 1.94. The van der Waals surface area contributed by atoms with E-state index in [1.807, 2.05) is 47.8 Å². The lowest BCUT2D eigenvalue weighted by Gasteiger charge is -2.35. The van der Waals surface area contributed by atoms with E-state index in [0.29, 0.717) is 19.5 Å². The smallest absolute Gasteiger partial charge is 0.227 e. The number of amides is 1. The summed E-state index contributed by atoms with van der Waals surface area (Å²) in [6.45, 7) is 5.17. The van der Waals surface area contributed by atoms with Crippen LogP contribution in [0.1, 0.15) is 34.1 Å². The first-order chi connectivity index (χ1) is 12.1. The van der Waals surface area contributed by atoms with Crippen molar-refractivity contribution >= 4 is 5.91 Å². The molecule has 1 aliphatic rings. The van der Waals surface area contributed by atoms with E-state index in [9.17, 15) is 4.79 Å². The number of aryl methyl sites for hydroxylation is 2. The largest absolute Gasteiger partial charge is 0.336 e. The van der Waals surface area contributed by atoms with E-state index in [2.05, 4.69) is 27.4 Å². The van der Waals surface area contributed by atoms with Gasteiger partial charge in [-0.15, -0.1) is 0 Å². The van der Waals surface area contributed by atoms with Crippen LogP contribution in [-0.4, -0.2) is 37.3 Å². The minimum atomic E-state index is 0.0513. The summed E-state index contributed by atoms with van der Waals surface area (Å²) in [4.78, 5) is 14.9. The Hall–Kier alpha value is -2.89. The minimum absolute atomic E-state index is 0.0513. The third kappa shape index (κ3) is 2.84. The molecule has 1 amide bonds. The van der Waals surface area contributed by atoms with Crippen LogP contribution >= 0.6 is 0 Å². The monoisotopic (exact) mass is 335 g/mol. The van der Waals surface area contributed by atoms with Gasteiger partial charge in [0.1, 0.15) is 0 Å². The van der Waals surface area contributed by atoms with Crippen molar-refractivity contribution in [2.45, 2.75) is 32.9 Å². The van der Waals surface area contributed by atoms with Gasteiger partial charge < -0.3 is 4.90 Å². The highest BCUT2D eigenvalue weighted by molar-refractivity contribution is 5.79. The van der Waals surface area contributed by atoms with Crippen LogP contribution in [0.25, 0.3) is 0 Å². The molecule has 1 atom stereocenters. The van der Waals surface area contributed by atoms with Crippen molar-refractivity contribution in [1.29, 1.82) is 0 Å². The molecule has 1 N–H and O–H groups in total. The van der Waals surface area contributed by atoms with Gasteiger partial charge in [-0.3, -0.25) is 14.6 Å². The zero-order valence-electron chi connectivity index (χ0n) is 14.4. The average Bonchev–Trinajstić information content (AvgIpc) is 3.26. The SMILES string of the molecule is Cc1n[nH]c(C)c1CC(=O)N1Cc2ccccc2C(n2cccn2)C1. The number of H-pyrrole nitrogens is 1. The fourth-order valence-corrected chi connectivity index (χ4v) is 3.56. The van der Waals surface area contributed by atoms with Gasteiger partial charge >= 0.3 is 0 Å². The molecule has 2 aromatic heterocycles. The Bertz CT molecular complexity index is 877. The first-order valence-corrected chi connectivity index (χ1v) is 8.48. The number of aromatic nitrogens is 4. The third-order valence-corrected chi connectivity index (χ3v) is 4.97. The second-order valence-electron chi connectivity index (χ2n) is 6.56. The number of nitrogens with one attached hydrogen (secondary N) is 1. The van der Waals surface area contributed by atoms with Gasteiger partial charge in [-0.2, -0.15) is 10.2 Å². The van der Waals surface area contributed by atoms with Crippen molar-refractivity contribution in [1.82, 2.24) is 24.9 Å². The van der Waals surface area contributed by atoms with E-state index in [4.69, 9.17) is 0 Å². The maximum absolute atomic E-state index is 12.9. The number of carbonyl (C=O) groups excluding carboxylic acids is 1. The van der Waals surface area contributed by atoms with E-state index < -0.39 is 0 Å². The quantitative estimate of drug-likeness (QED) is 0.799. The molecule has 3 heterocycles. The van der Waals surface area contributed by atoms with Gasteiger partial charge in [-0.25, -0.2) is 0 Å². The Morgan fingerprint density at radius 3 is 2.84 bits per heavy atom. The highest BCUT2D eigenvalue weighted by Crippen LogP contribution is 2.29. The maximum Gasteiger partial charge on any atom is 0.227 e. The molecular weight excluding hydrogens is 314 g/mol. The lowest BCUT2D eigenvalue weighted by molar-refractivity contribution is -0.132. The van der Waals surface area contributed by atoms with Crippen molar-refractivity contribution in [2.75, 3.05) is 6.54 Å². The Labute approximate surface area is 146 Å². The topological polar surface area (TPSA) is 66.8 Å². The van der Waals surface area contributed by atoms with Crippen molar-refractivity contribution in [3.63, 3.8) is 0 Å². The summed E-state index contributed by atoms with van der Waals surface area (Å²) in [6.07, 6.45) is 4.11. The van der Waals surface area contributed by atoms with Gasteiger partial charge in [0.25, 0.3) is 0 Å². The highest BCUT2D eigenvalue weighted by Gasteiger charge is 2.29. The van der Waals surface area contributed by atoms with Gasteiger partial charge in [0, 0.05) is 36.7 Å². The number of benzene rings is 1. The molecule has 0 spiro atoms. The number of nitrogens with zero attached hydrogens (tertiary/aromatic N) is 4. The Morgan fingerprint density at radius 1 is 1.28 bits per heavy atom. The van der Waals surface area contributed by atoms with Crippen LogP contribution in [0.15, 0.2) is 42.7 Å². The van der Waals surface area contributed by atoms with E-state index in [1.54, 1.807) is 6.20 Å². The molecule has 128 valence electrons. The maximum atomic E-state index is 12.9. The summed E-state index contributed by atoms with van der Waals surface area (Å²) in [7, 11) is 0. The van der Waals surface area contributed by atoms with Crippen LogP contribution in [0.5, 0.6) is 0 Å². The first kappa shape index (κ1) is 15.6. The van der Waals surface area contributed by atoms with E-state index >= 15 is 0 Å². The molecule has 0 radical (unpaired) electrons. The molecule has 1 aromatic carbocycles. The van der Waals surface area contributed by atoms with E-state index in [1.165, 1.54) is 11.1 Å². The van der Waals surface area contributed by atoms with Crippen molar-refractivity contribution in [2.24, 2.45) is 0 Å². The fraction of sp³-hybridized carbons (Fsp3) is 0.316.